The van der Waals surface area contributed by atoms with Gasteiger partial charge in [-0.15, -0.1) is 20.0 Å². The van der Waals surface area contributed by atoms with Gasteiger partial charge in [-0.1, -0.05) is 32.8 Å². The van der Waals surface area contributed by atoms with Crippen LogP contribution in [-0.2, 0) is 139 Å². The number of benzene rings is 4. The van der Waals surface area contributed by atoms with E-state index in [-0.39, 0.29) is 94.8 Å². The molecule has 16 atom stereocenters. The predicted molar refractivity (Wildman–Crippen MR) is 448 cm³/mol. The van der Waals surface area contributed by atoms with Crippen molar-refractivity contribution in [2.45, 2.75) is 188 Å². The minimum Gasteiger partial charge on any atom is -0.497 e. The zero-order valence-corrected chi connectivity index (χ0v) is 75.9. The molecule has 10 rings (SSSR count). The predicted octanol–water partition coefficient (Wildman–Crippen LogP) is 6.57. The number of aromatic nitrogens is 2. The maximum absolute atomic E-state index is 15.2. The number of carbonyl (C=O) groups excluding carboxylic acids is 14. The van der Waals surface area contributed by atoms with Crippen LogP contribution in [0.15, 0.2) is 96.4 Å². The number of fused-ring (bicyclic) bond motifs is 4. The molecule has 4 aliphatic heterocycles. The summed E-state index contributed by atoms with van der Waals surface area (Å²) >= 11 is 6.74. The summed E-state index contributed by atoms with van der Waals surface area (Å²) in [6.45, 7) is 15.6. The number of nitrogens with zero attached hydrogens (tertiary/aromatic N) is 7. The van der Waals surface area contributed by atoms with Gasteiger partial charge in [0.25, 0.3) is 17.7 Å². The van der Waals surface area contributed by atoms with Crippen LogP contribution in [0.5, 0.6) is 28.7 Å². The molecule has 0 aliphatic carbocycles. The maximum Gasteiger partial charge on any atom is 0.501 e. The molecule has 0 radical (unpaired) electrons. The number of anilines is 2. The summed E-state index contributed by atoms with van der Waals surface area (Å²) in [4.78, 5) is 195. The highest BCUT2D eigenvalue weighted by Gasteiger charge is 2.59. The molecule has 6 aromatic rings. The molecule has 2 unspecified atom stereocenters. The number of hydrogen-bond acceptors (Lipinski definition) is 39. The fourth-order valence-corrected chi connectivity index (χ4v) is 16.0. The summed E-state index contributed by atoms with van der Waals surface area (Å²) in [5.41, 5.74) is 8.08. The first-order chi connectivity index (χ1) is 62.2. The second-order valence-corrected chi connectivity index (χ2v) is 33.5. The lowest BCUT2D eigenvalue weighted by Crippen LogP contribution is -2.65. The monoisotopic (exact) mass is 1890 g/mol. The number of halogens is 1. The summed E-state index contributed by atoms with van der Waals surface area (Å²) in [5.74, 6) is -16.0. The van der Waals surface area contributed by atoms with Gasteiger partial charge < -0.3 is 118 Å². The van der Waals surface area contributed by atoms with Crippen LogP contribution < -0.4 is 32.8 Å². The van der Waals surface area contributed by atoms with Crippen LogP contribution in [0, 0.1) is 10.8 Å². The maximum atomic E-state index is 15.2. The summed E-state index contributed by atoms with van der Waals surface area (Å²) < 4.78 is 151. The Morgan fingerprint density at radius 3 is 1.58 bits per heavy atom. The van der Waals surface area contributed by atoms with Crippen LogP contribution in [0.1, 0.15) is 133 Å². The average Bonchev–Trinajstić information content (AvgIpc) is 1.56. The summed E-state index contributed by atoms with van der Waals surface area (Å²) in [5, 5.41) is 6.82. The van der Waals surface area contributed by atoms with Crippen molar-refractivity contribution in [3.63, 3.8) is 0 Å². The number of nitrogens with one attached hydrogen (secondary N) is 1. The second-order valence-electron chi connectivity index (χ2n) is 32.1. The number of ether oxygens (including phenoxy) is 19. The summed E-state index contributed by atoms with van der Waals surface area (Å²) in [6, 6.07) is 17.2. The number of carbonyl (C=O) groups is 14. The van der Waals surface area contributed by atoms with E-state index in [4.69, 9.17) is 115 Å². The van der Waals surface area contributed by atoms with Crippen molar-refractivity contribution in [3.05, 3.63) is 124 Å². The third-order valence-corrected chi connectivity index (χ3v) is 21.3. The van der Waals surface area contributed by atoms with E-state index in [9.17, 15) is 62.3 Å². The molecular formula is C85H97ClN8O37S. The number of esters is 11. The highest BCUT2D eigenvalue weighted by molar-refractivity contribution is 7.82. The number of imidazole rings is 1. The highest BCUT2D eigenvalue weighted by Crippen LogP contribution is 2.48. The fourth-order valence-electron chi connectivity index (χ4n) is 15.0. The first-order valence-electron chi connectivity index (χ1n) is 40.4. The molecule has 4 aliphatic rings. The van der Waals surface area contributed by atoms with Gasteiger partial charge in [0.1, 0.15) is 28.9 Å². The lowest BCUT2D eigenvalue weighted by Gasteiger charge is -2.45. The minimum atomic E-state index is -5.57. The minimum absolute atomic E-state index is 0.0114. The van der Waals surface area contributed by atoms with Gasteiger partial charge in [0.15, 0.2) is 78.5 Å². The van der Waals surface area contributed by atoms with Gasteiger partial charge in [-0.2, -0.15) is 0 Å². The quantitative estimate of drug-likeness (QED) is 0.0108. The van der Waals surface area contributed by atoms with Crippen LogP contribution in [0.4, 0.5) is 11.4 Å². The lowest BCUT2D eigenvalue weighted by molar-refractivity contribution is -0.323. The van der Waals surface area contributed by atoms with E-state index >= 15 is 13.2 Å². The molecule has 1 N–H and O–H groups in total. The molecule has 3 fully saturated rings. The molecule has 0 saturated carbocycles. The van der Waals surface area contributed by atoms with Crippen LogP contribution in [0.25, 0.3) is 26.9 Å². The van der Waals surface area contributed by atoms with Crippen molar-refractivity contribution >= 4 is 133 Å². The van der Waals surface area contributed by atoms with Gasteiger partial charge in [-0.05, 0) is 94.7 Å². The molecule has 0 spiro atoms. The van der Waals surface area contributed by atoms with Gasteiger partial charge in [-0.25, -0.2) is 14.6 Å². The third-order valence-electron chi connectivity index (χ3n) is 20.1. The summed E-state index contributed by atoms with van der Waals surface area (Å²) in [6.07, 6.45) is -24.9. The Balaban J connectivity index is 0.922. The first-order valence-corrected chi connectivity index (χ1v) is 42.3. The van der Waals surface area contributed by atoms with E-state index in [0.717, 1.165) is 88.7 Å². The number of hydrogen-bond donors (Lipinski definition) is 1. The van der Waals surface area contributed by atoms with Gasteiger partial charge in [0.2, 0.25) is 24.8 Å². The fraction of sp³-hybridized carbons (Fsp3) is 0.494. The van der Waals surface area contributed by atoms with E-state index in [1.54, 1.807) is 6.07 Å². The third kappa shape index (κ3) is 25.3. The number of azide groups is 1. The van der Waals surface area contributed by atoms with Gasteiger partial charge in [0.05, 0.1) is 52.5 Å². The molecule has 6 heterocycles. The van der Waals surface area contributed by atoms with Gasteiger partial charge in [0, 0.05) is 146 Å². The highest BCUT2D eigenvalue weighted by atomic mass is 35.5. The molecule has 0 bridgehead atoms. The van der Waals surface area contributed by atoms with Crippen LogP contribution in [-0.4, -0.2) is 272 Å². The van der Waals surface area contributed by atoms with E-state index in [2.05, 4.69) is 20.3 Å². The molecular weight excluding hydrogens is 1790 g/mol. The van der Waals surface area contributed by atoms with E-state index in [1.165, 1.54) is 101 Å². The van der Waals surface area contributed by atoms with Gasteiger partial charge >= 0.3 is 76.1 Å². The Hall–Kier alpha value is -13.2. The number of methoxy groups -OCH3 is 3. The second kappa shape index (κ2) is 43.2. The van der Waals surface area contributed by atoms with Crippen molar-refractivity contribution in [2.75, 3.05) is 83.9 Å². The molecule has 4 aromatic carbocycles. The Kier molecular flexibility index (Phi) is 33.0. The molecule has 132 heavy (non-hydrogen) atoms. The van der Waals surface area contributed by atoms with Crippen LogP contribution in [0.2, 0.25) is 0 Å². The number of rotatable bonds is 36. The van der Waals surface area contributed by atoms with Crippen molar-refractivity contribution in [2.24, 2.45) is 15.9 Å². The Bertz CT molecular complexity index is 5570. The zero-order chi connectivity index (χ0) is 96.9. The zero-order valence-electron chi connectivity index (χ0n) is 74.4. The van der Waals surface area contributed by atoms with Crippen molar-refractivity contribution < 1.29 is 174 Å². The molecule has 712 valence electrons. The van der Waals surface area contributed by atoms with Crippen molar-refractivity contribution in [3.8, 4) is 28.7 Å². The Morgan fingerprint density at radius 2 is 1.05 bits per heavy atom. The van der Waals surface area contributed by atoms with Crippen LogP contribution >= 0.6 is 11.6 Å². The van der Waals surface area contributed by atoms with Crippen LogP contribution in [0.3, 0.4) is 0 Å². The van der Waals surface area contributed by atoms with Crippen molar-refractivity contribution in [1.82, 2.24) is 14.3 Å². The lowest BCUT2D eigenvalue weighted by atomic mass is 9.92. The Morgan fingerprint density at radius 1 is 0.553 bits per heavy atom. The van der Waals surface area contributed by atoms with E-state index < -0.39 is 227 Å². The molecule has 2 aromatic heterocycles. The molecule has 47 heteroatoms. The standard InChI is InChI=1S/C85H97ClN8O37S/c1-40(95)116-65-62(35-115-81-73(122-46(7)101)69(120-44(5)99)67(118-42(3)97)71(128-81)79(107)112-16)127-82(74(123-47(8)102)66(65)117-41(2)96)125-53-22-18-49(19-23-53)76(104)89-52-21-27-63-90-57(34-93(63)33-52)78(106)94-32-51(31-86)64-56-29-54(111-15)24-25-55(56)60(30-58(64)94)130-132(109,110)131-61-28-50(77(105)92(14)37-85(12,13)39-114-38-84(10,11)36-88-91-87)20-26-59(61)126-83-75(124-48(9)103)70(121-45(6)100)68(119-43(4)98)72(129-83)80(108)113-17/h18-30,33-34,51,62,65-75,81-83H,31-32,35-39H2,1-17H3,(H,89,104)/t51-,62-,65+,66+,67+,68+,69+,70+,71?,72+,73-,74-,75-,81-,82?,83-/m1/s1. The van der Waals surface area contributed by atoms with Gasteiger partial charge in [-0.3, -0.25) is 57.5 Å². The average molecular weight is 1890 g/mol. The van der Waals surface area contributed by atoms with E-state index in [0.29, 0.717) is 5.56 Å². The molecule has 45 nitrogen and oxygen atoms in total. The van der Waals surface area contributed by atoms with E-state index in [1.807, 2.05) is 27.7 Å². The number of pyridine rings is 1. The SMILES string of the molecule is COC(=O)C1O[C@@H](OC[C@H]2OC(Oc3ccc(C(=O)Nc4ccc5nc(C(=O)N6C[C@@H](CCl)c7c6cc(OS(=O)(=O)Oc6cc(C(=O)N(C)CC(C)(C)COCC(C)(C)CN=[N+]=[N-])ccc6O[C@@H]6O[C@H](C(=O)OC)[C@@H](OC(C)=O)[C@H](OC(C)=O)[C@H]6OC(C)=O)c6ccc(OC)cc76)cn5c4)cc3)[C@H](OC(C)=O)[C@@H](OC(C)=O)[C@H]2OC(C)=O)[C@H](OC(C)=O)[C@@H](OC(C)=O)[C@@H]1OC(C)=O. The van der Waals surface area contributed by atoms with Crippen molar-refractivity contribution in [1.29, 1.82) is 0 Å². The number of amides is 3. The first kappa shape index (κ1) is 101. The molecule has 3 saturated heterocycles. The topological polar surface area (TPSA) is 552 Å². The largest absolute Gasteiger partial charge is 0.501 e. The Labute approximate surface area is 758 Å². The number of alkyl halides is 1. The normalized spacial score (nSPS) is 22.8. The smallest absolute Gasteiger partial charge is 0.497 e. The summed E-state index contributed by atoms with van der Waals surface area (Å²) in [7, 11) is -0.812. The molecule has 3 amide bonds.